The van der Waals surface area contributed by atoms with Gasteiger partial charge in [0, 0.05) is 23.4 Å². The molecule has 2 aromatic rings. The van der Waals surface area contributed by atoms with Gasteiger partial charge in [-0.25, -0.2) is 4.79 Å². The summed E-state index contributed by atoms with van der Waals surface area (Å²) in [6, 6.07) is 6.07. The average Bonchev–Trinajstić information content (AvgIpc) is 3.02. The van der Waals surface area contributed by atoms with Crippen molar-refractivity contribution >= 4 is 17.7 Å². The standard InChI is InChI=1S/C22H28N2O5/c1-7-24(21(26)16-9-11-17(28-6)12-10-16)15(5)20(25)18-13(3)19(23-14(18)4)22(27)29-8-2/h9-12,15,23H,7-8H2,1-6H3/t15-/m1/s1. The van der Waals surface area contributed by atoms with E-state index in [0.29, 0.717) is 34.7 Å². The zero-order valence-corrected chi connectivity index (χ0v) is 17.8. The van der Waals surface area contributed by atoms with Gasteiger partial charge in [0.25, 0.3) is 5.91 Å². The van der Waals surface area contributed by atoms with Gasteiger partial charge in [-0.15, -0.1) is 0 Å². The molecule has 1 aromatic heterocycles. The summed E-state index contributed by atoms with van der Waals surface area (Å²) in [5.74, 6) is -0.316. The number of aromatic nitrogens is 1. The Morgan fingerprint density at radius 3 is 2.24 bits per heavy atom. The summed E-state index contributed by atoms with van der Waals surface area (Å²) >= 11 is 0. The number of Topliss-reactive ketones (excluding diaryl/α,β-unsaturated/α-hetero) is 1. The second kappa shape index (κ2) is 9.41. The summed E-state index contributed by atoms with van der Waals surface area (Å²) in [6.45, 7) is 9.30. The first-order chi connectivity index (χ1) is 13.8. The molecular weight excluding hydrogens is 372 g/mol. The summed E-state index contributed by atoms with van der Waals surface area (Å²) in [4.78, 5) is 42.8. The monoisotopic (exact) mass is 400 g/mol. The second-order valence-electron chi connectivity index (χ2n) is 6.71. The predicted octanol–water partition coefficient (Wildman–Crippen LogP) is 3.55. The number of ketones is 1. The van der Waals surface area contributed by atoms with Gasteiger partial charge < -0.3 is 19.4 Å². The first-order valence-electron chi connectivity index (χ1n) is 9.62. The number of hydrogen-bond acceptors (Lipinski definition) is 5. The molecule has 1 heterocycles. The third kappa shape index (κ3) is 4.50. The molecule has 0 aliphatic carbocycles. The number of nitrogens with one attached hydrogen (secondary N) is 1. The van der Waals surface area contributed by atoms with Crippen LogP contribution in [0.15, 0.2) is 24.3 Å². The molecule has 0 saturated heterocycles. The number of carbonyl (C=O) groups excluding carboxylic acids is 3. The molecule has 156 valence electrons. The van der Waals surface area contributed by atoms with Crippen molar-refractivity contribution in [3.63, 3.8) is 0 Å². The van der Waals surface area contributed by atoms with Crippen LogP contribution in [0.3, 0.4) is 0 Å². The summed E-state index contributed by atoms with van der Waals surface area (Å²) in [5, 5.41) is 0. The number of likely N-dealkylation sites (N-methyl/N-ethyl adjacent to an activating group) is 1. The predicted molar refractivity (Wildman–Crippen MR) is 110 cm³/mol. The fourth-order valence-corrected chi connectivity index (χ4v) is 3.37. The first-order valence-corrected chi connectivity index (χ1v) is 9.62. The normalized spacial score (nSPS) is 11.7. The minimum Gasteiger partial charge on any atom is -0.497 e. The molecule has 7 nitrogen and oxygen atoms in total. The van der Waals surface area contributed by atoms with E-state index in [4.69, 9.17) is 9.47 Å². The van der Waals surface area contributed by atoms with Crippen LogP contribution in [0.2, 0.25) is 0 Å². The van der Waals surface area contributed by atoms with E-state index >= 15 is 0 Å². The van der Waals surface area contributed by atoms with E-state index in [1.54, 1.807) is 59.1 Å². The molecule has 0 saturated carbocycles. The van der Waals surface area contributed by atoms with Gasteiger partial charge in [0.1, 0.15) is 11.4 Å². The Kier molecular flexibility index (Phi) is 7.20. The Labute approximate surface area is 171 Å². The molecule has 0 bridgehead atoms. The number of ether oxygens (including phenoxy) is 2. The quantitative estimate of drug-likeness (QED) is 0.541. The molecule has 0 spiro atoms. The maximum Gasteiger partial charge on any atom is 0.355 e. The molecule has 0 fully saturated rings. The lowest BCUT2D eigenvalue weighted by molar-refractivity contribution is 0.0519. The fraction of sp³-hybridized carbons (Fsp3) is 0.409. The van der Waals surface area contributed by atoms with Crippen LogP contribution in [-0.2, 0) is 4.74 Å². The summed E-state index contributed by atoms with van der Waals surface area (Å²) < 4.78 is 10.2. The number of aryl methyl sites for hydroxylation is 1. The van der Waals surface area contributed by atoms with Crippen LogP contribution in [0.4, 0.5) is 0 Å². The number of benzene rings is 1. The Hall–Kier alpha value is -3.09. The molecule has 7 heteroatoms. The molecule has 29 heavy (non-hydrogen) atoms. The van der Waals surface area contributed by atoms with E-state index < -0.39 is 12.0 Å². The maximum atomic E-state index is 13.2. The van der Waals surface area contributed by atoms with Gasteiger partial charge in [0.15, 0.2) is 5.78 Å². The van der Waals surface area contributed by atoms with Crippen LogP contribution in [0.25, 0.3) is 0 Å². The highest BCUT2D eigenvalue weighted by molar-refractivity contribution is 6.07. The van der Waals surface area contributed by atoms with Crippen molar-refractivity contribution < 1.29 is 23.9 Å². The second-order valence-corrected chi connectivity index (χ2v) is 6.71. The van der Waals surface area contributed by atoms with Crippen molar-refractivity contribution in [2.24, 2.45) is 0 Å². The summed E-state index contributed by atoms with van der Waals surface area (Å²) in [7, 11) is 1.56. The summed E-state index contributed by atoms with van der Waals surface area (Å²) in [6.07, 6.45) is 0. The molecule has 1 aromatic carbocycles. The number of amides is 1. The van der Waals surface area contributed by atoms with Crippen molar-refractivity contribution in [2.45, 2.75) is 40.7 Å². The molecule has 1 N–H and O–H groups in total. The number of methoxy groups -OCH3 is 1. The largest absolute Gasteiger partial charge is 0.497 e. The van der Waals surface area contributed by atoms with E-state index in [-0.39, 0.29) is 24.0 Å². The van der Waals surface area contributed by atoms with Crippen molar-refractivity contribution in [1.82, 2.24) is 9.88 Å². The summed E-state index contributed by atoms with van der Waals surface area (Å²) in [5.41, 5.74) is 2.27. The first kappa shape index (κ1) is 22.2. The van der Waals surface area contributed by atoms with Crippen molar-refractivity contribution in [1.29, 1.82) is 0 Å². The molecule has 0 unspecified atom stereocenters. The van der Waals surface area contributed by atoms with Gasteiger partial charge in [-0.1, -0.05) is 0 Å². The zero-order chi connectivity index (χ0) is 21.7. The lowest BCUT2D eigenvalue weighted by Gasteiger charge is -2.27. The zero-order valence-electron chi connectivity index (χ0n) is 17.8. The highest BCUT2D eigenvalue weighted by Gasteiger charge is 2.31. The smallest absolute Gasteiger partial charge is 0.355 e. The van der Waals surface area contributed by atoms with Gasteiger partial charge in [0.2, 0.25) is 0 Å². The minimum absolute atomic E-state index is 0.226. The van der Waals surface area contributed by atoms with E-state index in [0.717, 1.165) is 0 Å². The molecule has 0 radical (unpaired) electrons. The van der Waals surface area contributed by atoms with Crippen LogP contribution >= 0.6 is 0 Å². The van der Waals surface area contributed by atoms with E-state index in [1.165, 1.54) is 4.90 Å². The highest BCUT2D eigenvalue weighted by Crippen LogP contribution is 2.23. The molecule has 0 aliphatic heterocycles. The number of rotatable bonds is 8. The number of carbonyl (C=O) groups is 3. The molecular formula is C22H28N2O5. The van der Waals surface area contributed by atoms with Gasteiger partial charge in [0.05, 0.1) is 19.8 Å². The molecule has 1 atom stereocenters. The van der Waals surface area contributed by atoms with E-state index in [1.807, 2.05) is 6.92 Å². The lowest BCUT2D eigenvalue weighted by Crippen LogP contribution is -2.43. The Morgan fingerprint density at radius 2 is 1.72 bits per heavy atom. The van der Waals surface area contributed by atoms with Gasteiger partial charge in [-0.05, 0) is 64.4 Å². The van der Waals surface area contributed by atoms with Gasteiger partial charge in [-0.2, -0.15) is 0 Å². The van der Waals surface area contributed by atoms with E-state index in [9.17, 15) is 14.4 Å². The maximum absolute atomic E-state index is 13.2. The lowest BCUT2D eigenvalue weighted by atomic mass is 9.99. The van der Waals surface area contributed by atoms with Crippen LogP contribution < -0.4 is 4.74 Å². The Balaban J connectivity index is 2.31. The molecule has 1 amide bonds. The third-order valence-electron chi connectivity index (χ3n) is 4.95. The third-order valence-corrected chi connectivity index (χ3v) is 4.95. The van der Waals surface area contributed by atoms with Gasteiger partial charge >= 0.3 is 5.97 Å². The van der Waals surface area contributed by atoms with Crippen LogP contribution in [0.5, 0.6) is 5.75 Å². The average molecular weight is 400 g/mol. The Bertz CT molecular complexity index is 899. The number of H-pyrrole nitrogens is 1. The minimum atomic E-state index is -0.696. The highest BCUT2D eigenvalue weighted by atomic mass is 16.5. The topological polar surface area (TPSA) is 88.7 Å². The Morgan fingerprint density at radius 1 is 1.10 bits per heavy atom. The van der Waals surface area contributed by atoms with Crippen LogP contribution in [-0.4, -0.2) is 53.8 Å². The number of hydrogen-bond donors (Lipinski definition) is 1. The SMILES string of the molecule is CCOC(=O)c1[nH]c(C)c(C(=O)[C@@H](C)N(CC)C(=O)c2ccc(OC)cc2)c1C. The van der Waals surface area contributed by atoms with Crippen molar-refractivity contribution in [3.05, 3.63) is 52.3 Å². The fourth-order valence-electron chi connectivity index (χ4n) is 3.37. The van der Waals surface area contributed by atoms with Crippen LogP contribution in [0, 0.1) is 13.8 Å². The van der Waals surface area contributed by atoms with E-state index in [2.05, 4.69) is 4.98 Å². The van der Waals surface area contributed by atoms with Crippen molar-refractivity contribution in [3.8, 4) is 5.75 Å². The number of esters is 1. The van der Waals surface area contributed by atoms with Crippen molar-refractivity contribution in [2.75, 3.05) is 20.3 Å². The van der Waals surface area contributed by atoms with Crippen LogP contribution in [0.1, 0.15) is 63.2 Å². The molecule has 0 aliphatic rings. The number of aromatic amines is 1. The van der Waals surface area contributed by atoms with Gasteiger partial charge in [-0.3, -0.25) is 9.59 Å². The molecule has 2 rings (SSSR count). The number of nitrogens with zero attached hydrogens (tertiary/aromatic N) is 1.